The SMILES string of the molecule is Cc1cc(C)c([C+]=C[Si](C)(C)C(C)C)c(C)c1. The molecule has 1 aromatic rings. The number of rotatable bonds is 3. The summed E-state index contributed by atoms with van der Waals surface area (Å²) in [7, 11) is -1.26. The highest BCUT2D eigenvalue weighted by atomic mass is 28.3. The summed E-state index contributed by atoms with van der Waals surface area (Å²) in [5.74, 6) is 0. The van der Waals surface area contributed by atoms with E-state index < -0.39 is 8.07 Å². The van der Waals surface area contributed by atoms with Crippen LogP contribution >= 0.6 is 0 Å². The van der Waals surface area contributed by atoms with Crippen molar-refractivity contribution in [3.8, 4) is 0 Å². The van der Waals surface area contributed by atoms with Gasteiger partial charge in [-0.3, -0.25) is 0 Å². The molecule has 0 heterocycles. The molecule has 92 valence electrons. The lowest BCUT2D eigenvalue weighted by atomic mass is 10.0. The molecule has 0 bridgehead atoms. The third kappa shape index (κ3) is 3.52. The molecule has 0 nitrogen and oxygen atoms in total. The average molecular weight is 245 g/mol. The first kappa shape index (κ1) is 14.1. The van der Waals surface area contributed by atoms with Crippen molar-refractivity contribution in [2.45, 2.75) is 53.3 Å². The molecular weight excluding hydrogens is 220 g/mol. The second-order valence-corrected chi connectivity index (χ2v) is 11.1. The van der Waals surface area contributed by atoms with Gasteiger partial charge in [-0.05, 0) is 18.0 Å². The Balaban J connectivity index is 3.08. The van der Waals surface area contributed by atoms with E-state index in [1.54, 1.807) is 0 Å². The summed E-state index contributed by atoms with van der Waals surface area (Å²) in [6.45, 7) is 16.0. The normalized spacial score (nSPS) is 12.2. The molecule has 0 fully saturated rings. The molecule has 0 amide bonds. The van der Waals surface area contributed by atoms with Crippen molar-refractivity contribution in [3.05, 3.63) is 46.2 Å². The zero-order valence-corrected chi connectivity index (χ0v) is 13.3. The zero-order valence-electron chi connectivity index (χ0n) is 12.3. The second kappa shape index (κ2) is 5.16. The van der Waals surface area contributed by atoms with Crippen LogP contribution in [0.3, 0.4) is 0 Å². The molecule has 17 heavy (non-hydrogen) atoms. The van der Waals surface area contributed by atoms with Crippen LogP contribution < -0.4 is 0 Å². The first-order valence-electron chi connectivity index (χ1n) is 6.43. The maximum atomic E-state index is 3.57. The van der Waals surface area contributed by atoms with Gasteiger partial charge in [0.2, 0.25) is 0 Å². The molecule has 1 heteroatoms. The largest absolute Gasteiger partial charge is 0.192 e. The van der Waals surface area contributed by atoms with E-state index in [9.17, 15) is 0 Å². The molecule has 0 aliphatic heterocycles. The van der Waals surface area contributed by atoms with E-state index in [2.05, 4.69) is 71.6 Å². The van der Waals surface area contributed by atoms with Gasteiger partial charge in [0.25, 0.3) is 0 Å². The Kier molecular flexibility index (Phi) is 4.29. The van der Waals surface area contributed by atoms with Crippen LogP contribution in [0.1, 0.15) is 36.1 Å². The Labute approximate surface area is 108 Å². The molecule has 1 rings (SSSR count). The first-order valence-corrected chi connectivity index (χ1v) is 9.58. The van der Waals surface area contributed by atoms with Gasteiger partial charge >= 0.3 is 0 Å². The van der Waals surface area contributed by atoms with Crippen molar-refractivity contribution in [1.82, 2.24) is 0 Å². The standard InChI is InChI=1S/C16H25Si/c1-12(2)17(6,7)9-8-16-14(4)10-13(3)11-15(16)5/h9-12H,1-7H3/q+1. The lowest BCUT2D eigenvalue weighted by molar-refractivity contribution is 1.02. The fourth-order valence-corrected chi connectivity index (χ4v) is 2.68. The molecule has 0 saturated carbocycles. The van der Waals surface area contributed by atoms with Gasteiger partial charge in [0.05, 0.1) is 11.1 Å². The highest BCUT2D eigenvalue weighted by Gasteiger charge is 2.24. The predicted molar refractivity (Wildman–Crippen MR) is 80.1 cm³/mol. The number of aryl methyl sites for hydroxylation is 3. The fourth-order valence-electron chi connectivity index (χ4n) is 1.83. The van der Waals surface area contributed by atoms with E-state index in [0.29, 0.717) is 0 Å². The minimum atomic E-state index is -1.26. The van der Waals surface area contributed by atoms with Gasteiger partial charge in [0.15, 0.2) is 5.56 Å². The van der Waals surface area contributed by atoms with Gasteiger partial charge in [0, 0.05) is 37.8 Å². The van der Waals surface area contributed by atoms with Crippen LogP contribution in [0, 0.1) is 26.8 Å². The minimum absolute atomic E-state index is 0.765. The Morgan fingerprint density at radius 2 is 1.53 bits per heavy atom. The predicted octanol–water partition coefficient (Wildman–Crippen LogP) is 4.98. The molecule has 1 aromatic carbocycles. The van der Waals surface area contributed by atoms with Crippen molar-refractivity contribution in [3.63, 3.8) is 0 Å². The fraction of sp³-hybridized carbons (Fsp3) is 0.500. The van der Waals surface area contributed by atoms with E-state index in [1.165, 1.54) is 22.3 Å². The molecule has 0 N–H and O–H groups in total. The first-order chi connectivity index (χ1) is 7.74. The summed E-state index contributed by atoms with van der Waals surface area (Å²) >= 11 is 0. The maximum Gasteiger partial charge on any atom is 0.192 e. The van der Waals surface area contributed by atoms with E-state index in [-0.39, 0.29) is 0 Å². The van der Waals surface area contributed by atoms with E-state index in [0.717, 1.165) is 5.54 Å². The summed E-state index contributed by atoms with van der Waals surface area (Å²) in [4.78, 5) is 0. The van der Waals surface area contributed by atoms with Gasteiger partial charge in [-0.1, -0.05) is 26.9 Å². The number of hydrogen-bond donors (Lipinski definition) is 0. The highest BCUT2D eigenvalue weighted by Crippen LogP contribution is 2.23. The van der Waals surface area contributed by atoms with Gasteiger partial charge in [-0.25, -0.2) is 0 Å². The Bertz CT molecular complexity index is 402. The third-order valence-electron chi connectivity index (χ3n) is 3.75. The van der Waals surface area contributed by atoms with Gasteiger partial charge < -0.3 is 0 Å². The van der Waals surface area contributed by atoms with Crippen LogP contribution in [-0.4, -0.2) is 8.07 Å². The summed E-state index contributed by atoms with van der Waals surface area (Å²) in [6.07, 6.45) is 3.57. The van der Waals surface area contributed by atoms with Gasteiger partial charge in [0.1, 0.15) is 8.07 Å². The quantitative estimate of drug-likeness (QED) is 0.520. The van der Waals surface area contributed by atoms with Crippen LogP contribution in [0.4, 0.5) is 0 Å². The van der Waals surface area contributed by atoms with Crippen LogP contribution in [0.25, 0.3) is 0 Å². The van der Waals surface area contributed by atoms with Crippen molar-refractivity contribution < 1.29 is 0 Å². The van der Waals surface area contributed by atoms with Crippen LogP contribution in [0.15, 0.2) is 17.8 Å². The lowest BCUT2D eigenvalue weighted by Crippen LogP contribution is -2.26. The van der Waals surface area contributed by atoms with Crippen LogP contribution in [0.2, 0.25) is 18.6 Å². The van der Waals surface area contributed by atoms with Crippen molar-refractivity contribution in [2.24, 2.45) is 0 Å². The molecule has 0 unspecified atom stereocenters. The zero-order chi connectivity index (χ0) is 13.2. The van der Waals surface area contributed by atoms with Gasteiger partial charge in [-0.15, -0.1) is 0 Å². The lowest BCUT2D eigenvalue weighted by Gasteiger charge is -2.19. The van der Waals surface area contributed by atoms with Crippen molar-refractivity contribution in [1.29, 1.82) is 0 Å². The molecule has 0 saturated heterocycles. The van der Waals surface area contributed by atoms with E-state index >= 15 is 0 Å². The average Bonchev–Trinajstić information content (AvgIpc) is 2.15. The Hall–Kier alpha value is -0.913. The van der Waals surface area contributed by atoms with Crippen molar-refractivity contribution in [2.75, 3.05) is 0 Å². The van der Waals surface area contributed by atoms with E-state index in [1.807, 2.05) is 0 Å². The summed E-state index contributed by atoms with van der Waals surface area (Å²) in [6, 6.07) is 4.49. The number of benzene rings is 1. The topological polar surface area (TPSA) is 0 Å². The summed E-state index contributed by atoms with van der Waals surface area (Å²) < 4.78 is 0. The molecular formula is C16H25Si+. The minimum Gasteiger partial charge on any atom is -0.0648 e. The van der Waals surface area contributed by atoms with Crippen molar-refractivity contribution >= 4 is 8.07 Å². The van der Waals surface area contributed by atoms with Gasteiger partial charge in [-0.2, -0.15) is 0 Å². The molecule has 0 aromatic heterocycles. The smallest absolute Gasteiger partial charge is 0.0648 e. The Morgan fingerprint density at radius 1 is 1.06 bits per heavy atom. The number of hydrogen-bond acceptors (Lipinski definition) is 0. The Morgan fingerprint density at radius 3 is 1.94 bits per heavy atom. The second-order valence-electron chi connectivity index (χ2n) is 6.04. The molecule has 0 aliphatic carbocycles. The molecule has 0 radical (unpaired) electrons. The summed E-state index contributed by atoms with van der Waals surface area (Å²) in [5.41, 5.74) is 8.44. The third-order valence-corrected chi connectivity index (χ3v) is 7.62. The molecule has 0 atom stereocenters. The monoisotopic (exact) mass is 245 g/mol. The summed E-state index contributed by atoms with van der Waals surface area (Å²) in [5, 5.41) is 0. The van der Waals surface area contributed by atoms with E-state index in [4.69, 9.17) is 0 Å². The molecule has 0 spiro atoms. The maximum absolute atomic E-state index is 3.57. The van der Waals surface area contributed by atoms with Crippen LogP contribution in [0.5, 0.6) is 0 Å². The highest BCUT2D eigenvalue weighted by molar-refractivity contribution is 6.83. The van der Waals surface area contributed by atoms with Crippen LogP contribution in [-0.2, 0) is 0 Å². The molecule has 0 aliphatic rings.